The van der Waals surface area contributed by atoms with E-state index in [1.807, 2.05) is 37.4 Å². The quantitative estimate of drug-likeness (QED) is 0.440. The SMILES string of the molecule is CSCSC[C@H](CO)NC(=O)/C=C/c1ccc(C)cc1. The molecule has 0 aromatic heterocycles. The van der Waals surface area contributed by atoms with E-state index in [1.165, 1.54) is 11.6 Å². The van der Waals surface area contributed by atoms with Gasteiger partial charge in [-0.15, -0.1) is 11.8 Å². The second-order valence-electron chi connectivity index (χ2n) is 4.41. The molecule has 0 bridgehead atoms. The van der Waals surface area contributed by atoms with Crippen molar-refractivity contribution in [3.63, 3.8) is 0 Å². The highest BCUT2D eigenvalue weighted by molar-refractivity contribution is 8.15. The number of nitrogens with one attached hydrogen (secondary N) is 1. The fraction of sp³-hybridized carbons (Fsp3) is 0.400. The molecule has 3 nitrogen and oxygen atoms in total. The van der Waals surface area contributed by atoms with Gasteiger partial charge in [0, 0.05) is 16.9 Å². The molecule has 0 saturated carbocycles. The normalized spacial score (nSPS) is 12.6. The molecule has 0 saturated heterocycles. The summed E-state index contributed by atoms with van der Waals surface area (Å²) in [6, 6.07) is 7.76. The maximum atomic E-state index is 11.8. The van der Waals surface area contributed by atoms with Crippen molar-refractivity contribution < 1.29 is 9.90 Å². The summed E-state index contributed by atoms with van der Waals surface area (Å²) in [7, 11) is 0. The first-order chi connectivity index (χ1) is 9.65. The van der Waals surface area contributed by atoms with Gasteiger partial charge in [0.05, 0.1) is 12.6 Å². The number of carbonyl (C=O) groups excluding carboxylic acids is 1. The molecule has 0 aliphatic heterocycles. The molecular formula is C15H21NO2S2. The minimum atomic E-state index is -0.192. The zero-order valence-corrected chi connectivity index (χ0v) is 13.5. The molecule has 20 heavy (non-hydrogen) atoms. The van der Waals surface area contributed by atoms with E-state index in [1.54, 1.807) is 29.6 Å². The summed E-state index contributed by atoms with van der Waals surface area (Å²) in [5, 5.41) is 13.0. The Balaban J connectivity index is 2.42. The zero-order chi connectivity index (χ0) is 14.8. The molecule has 0 unspecified atom stereocenters. The minimum Gasteiger partial charge on any atom is -0.394 e. The van der Waals surface area contributed by atoms with Gasteiger partial charge in [0.2, 0.25) is 5.91 Å². The molecule has 5 heteroatoms. The maximum Gasteiger partial charge on any atom is 0.244 e. The molecule has 1 atom stereocenters. The lowest BCUT2D eigenvalue weighted by molar-refractivity contribution is -0.117. The number of amides is 1. The topological polar surface area (TPSA) is 49.3 Å². The van der Waals surface area contributed by atoms with Crippen LogP contribution in [0, 0.1) is 6.92 Å². The molecule has 0 radical (unpaired) electrons. The van der Waals surface area contributed by atoms with Gasteiger partial charge in [-0.05, 0) is 24.8 Å². The molecule has 0 aliphatic rings. The molecule has 2 N–H and O–H groups in total. The fourth-order valence-corrected chi connectivity index (χ4v) is 3.04. The number of aryl methyl sites for hydroxylation is 1. The lowest BCUT2D eigenvalue weighted by atomic mass is 10.1. The van der Waals surface area contributed by atoms with Gasteiger partial charge < -0.3 is 10.4 Å². The van der Waals surface area contributed by atoms with Crippen molar-refractivity contribution in [2.45, 2.75) is 13.0 Å². The summed E-state index contributed by atoms with van der Waals surface area (Å²) in [5.41, 5.74) is 2.18. The molecule has 0 heterocycles. The molecule has 1 amide bonds. The fourth-order valence-electron chi connectivity index (χ4n) is 1.51. The van der Waals surface area contributed by atoms with Crippen LogP contribution in [0.1, 0.15) is 11.1 Å². The van der Waals surface area contributed by atoms with E-state index in [0.29, 0.717) is 0 Å². The lowest BCUT2D eigenvalue weighted by Gasteiger charge is -2.14. The predicted molar refractivity (Wildman–Crippen MR) is 90.1 cm³/mol. The highest BCUT2D eigenvalue weighted by Gasteiger charge is 2.09. The third-order valence-corrected chi connectivity index (χ3v) is 4.84. The lowest BCUT2D eigenvalue weighted by Crippen LogP contribution is -2.38. The van der Waals surface area contributed by atoms with Crippen LogP contribution in [0.2, 0.25) is 0 Å². The Morgan fingerprint density at radius 1 is 1.40 bits per heavy atom. The van der Waals surface area contributed by atoms with Gasteiger partial charge in [0.15, 0.2) is 0 Å². The van der Waals surface area contributed by atoms with Gasteiger partial charge in [-0.3, -0.25) is 4.79 Å². The van der Waals surface area contributed by atoms with Gasteiger partial charge >= 0.3 is 0 Å². The molecular weight excluding hydrogens is 290 g/mol. The standard InChI is InChI=1S/C15H21NO2S2/c1-12-3-5-13(6-4-12)7-8-15(18)16-14(9-17)10-20-11-19-2/h3-8,14,17H,9-11H2,1-2H3,(H,16,18)/b8-7+/t14-/m0/s1. The van der Waals surface area contributed by atoms with Crippen molar-refractivity contribution in [2.24, 2.45) is 0 Å². The molecule has 1 rings (SSSR count). The van der Waals surface area contributed by atoms with Crippen LogP contribution in [-0.2, 0) is 4.79 Å². The number of benzene rings is 1. The summed E-state index contributed by atoms with van der Waals surface area (Å²) in [4.78, 5) is 11.8. The zero-order valence-electron chi connectivity index (χ0n) is 11.8. The summed E-state index contributed by atoms with van der Waals surface area (Å²) in [6.45, 7) is 1.99. The second kappa shape index (κ2) is 9.91. The van der Waals surface area contributed by atoms with Gasteiger partial charge in [-0.1, -0.05) is 29.8 Å². The number of thioether (sulfide) groups is 2. The number of rotatable bonds is 8. The van der Waals surface area contributed by atoms with Crippen LogP contribution in [-0.4, -0.2) is 40.8 Å². The maximum absolute atomic E-state index is 11.8. The van der Waals surface area contributed by atoms with E-state index in [2.05, 4.69) is 5.32 Å². The minimum absolute atomic E-state index is 0.0362. The third-order valence-electron chi connectivity index (χ3n) is 2.59. The predicted octanol–water partition coefficient (Wildman–Crippen LogP) is 2.54. The van der Waals surface area contributed by atoms with Crippen molar-refractivity contribution in [2.75, 3.05) is 23.7 Å². The van der Waals surface area contributed by atoms with E-state index in [4.69, 9.17) is 0 Å². The Morgan fingerprint density at radius 3 is 2.70 bits per heavy atom. The highest BCUT2D eigenvalue weighted by atomic mass is 32.2. The van der Waals surface area contributed by atoms with Crippen molar-refractivity contribution >= 4 is 35.5 Å². The number of hydrogen-bond donors (Lipinski definition) is 2. The van der Waals surface area contributed by atoms with Crippen LogP contribution in [0.4, 0.5) is 0 Å². The van der Waals surface area contributed by atoms with Crippen molar-refractivity contribution in [1.82, 2.24) is 5.32 Å². The van der Waals surface area contributed by atoms with E-state index in [0.717, 1.165) is 16.4 Å². The van der Waals surface area contributed by atoms with Gasteiger partial charge in [0.1, 0.15) is 0 Å². The summed E-state index contributed by atoms with van der Waals surface area (Å²) >= 11 is 3.44. The third kappa shape index (κ3) is 7.03. The van der Waals surface area contributed by atoms with Gasteiger partial charge in [0.25, 0.3) is 0 Å². The molecule has 0 spiro atoms. The van der Waals surface area contributed by atoms with Crippen LogP contribution in [0.5, 0.6) is 0 Å². The van der Waals surface area contributed by atoms with E-state index < -0.39 is 0 Å². The van der Waals surface area contributed by atoms with Crippen LogP contribution >= 0.6 is 23.5 Å². The summed E-state index contributed by atoms with van der Waals surface area (Å²) < 4.78 is 0. The van der Waals surface area contributed by atoms with Crippen LogP contribution in [0.3, 0.4) is 0 Å². The smallest absolute Gasteiger partial charge is 0.244 e. The van der Waals surface area contributed by atoms with E-state index >= 15 is 0 Å². The number of hydrogen-bond acceptors (Lipinski definition) is 4. The summed E-state index contributed by atoms with van der Waals surface area (Å²) in [5.74, 6) is 0.552. The average molecular weight is 311 g/mol. The van der Waals surface area contributed by atoms with Crippen LogP contribution in [0.25, 0.3) is 6.08 Å². The number of aliphatic hydroxyl groups is 1. The Bertz CT molecular complexity index is 432. The first-order valence-electron chi connectivity index (χ1n) is 6.38. The van der Waals surface area contributed by atoms with Crippen LogP contribution < -0.4 is 5.32 Å². The first-order valence-corrected chi connectivity index (χ1v) is 8.93. The highest BCUT2D eigenvalue weighted by Crippen LogP contribution is 2.10. The van der Waals surface area contributed by atoms with Crippen molar-refractivity contribution in [1.29, 1.82) is 0 Å². The second-order valence-corrected chi connectivity index (χ2v) is 6.67. The van der Waals surface area contributed by atoms with E-state index in [-0.39, 0.29) is 18.6 Å². The summed E-state index contributed by atoms with van der Waals surface area (Å²) in [6.07, 6.45) is 5.31. The van der Waals surface area contributed by atoms with E-state index in [9.17, 15) is 9.90 Å². The van der Waals surface area contributed by atoms with Gasteiger partial charge in [-0.2, -0.15) is 11.8 Å². The van der Waals surface area contributed by atoms with Crippen LogP contribution in [0.15, 0.2) is 30.3 Å². The number of carbonyl (C=O) groups is 1. The van der Waals surface area contributed by atoms with Crippen molar-refractivity contribution in [3.05, 3.63) is 41.5 Å². The molecule has 110 valence electrons. The Labute approximate surface area is 129 Å². The largest absolute Gasteiger partial charge is 0.394 e. The number of aliphatic hydroxyl groups excluding tert-OH is 1. The molecule has 1 aromatic carbocycles. The van der Waals surface area contributed by atoms with Crippen molar-refractivity contribution in [3.8, 4) is 0 Å². The Hall–Kier alpha value is -0.910. The molecule has 1 aromatic rings. The average Bonchev–Trinajstić information content (AvgIpc) is 2.46. The first kappa shape index (κ1) is 17.1. The Kier molecular flexibility index (Phi) is 8.49. The monoisotopic (exact) mass is 311 g/mol. The molecule has 0 fully saturated rings. The van der Waals surface area contributed by atoms with Gasteiger partial charge in [-0.25, -0.2) is 0 Å². The molecule has 0 aliphatic carbocycles. The Morgan fingerprint density at radius 2 is 2.10 bits per heavy atom.